The molecule has 0 spiro atoms. The number of fused-ring (bicyclic) bond motifs is 5. The second-order valence-corrected chi connectivity index (χ2v) is 11.0. The highest BCUT2D eigenvalue weighted by molar-refractivity contribution is 5.92. The molecule has 172 valence electrons. The van der Waals surface area contributed by atoms with Crippen molar-refractivity contribution in [1.82, 2.24) is 24.8 Å². The Bertz CT molecular complexity index is 1110. The van der Waals surface area contributed by atoms with Gasteiger partial charge >= 0.3 is 0 Å². The molecule has 4 aliphatic carbocycles. The van der Waals surface area contributed by atoms with Crippen LogP contribution in [0.2, 0.25) is 0 Å². The van der Waals surface area contributed by atoms with Crippen LogP contribution >= 0.6 is 0 Å². The van der Waals surface area contributed by atoms with Gasteiger partial charge in [0.2, 0.25) is 0 Å². The monoisotopic (exact) mass is 443 g/mol. The molecule has 2 heterocycles. The maximum Gasteiger partial charge on any atom is 0.271 e. The van der Waals surface area contributed by atoms with Crippen LogP contribution in [-0.4, -0.2) is 31.5 Å². The minimum absolute atomic E-state index is 0.108. The average molecular weight is 444 g/mol. The van der Waals surface area contributed by atoms with E-state index in [-0.39, 0.29) is 22.8 Å². The number of rotatable bonds is 3. The summed E-state index contributed by atoms with van der Waals surface area (Å²) in [5.74, 6) is 2.07. The number of carbonyl (C=O) groups is 1. The van der Waals surface area contributed by atoms with Crippen molar-refractivity contribution in [3.63, 3.8) is 0 Å². The van der Waals surface area contributed by atoms with Crippen molar-refractivity contribution < 1.29 is 4.79 Å². The molecule has 0 aliphatic heterocycles. The van der Waals surface area contributed by atoms with Gasteiger partial charge in [0.1, 0.15) is 5.69 Å². The fraction of sp³-hybridized carbons (Fsp3) is 0.556. The molecule has 6 atom stereocenters. The molecule has 33 heavy (non-hydrogen) atoms. The molecule has 1 amide bonds. The van der Waals surface area contributed by atoms with Crippen LogP contribution in [0.15, 0.2) is 55.0 Å². The normalized spacial score (nSPS) is 37.3. The summed E-state index contributed by atoms with van der Waals surface area (Å²) in [6.45, 7) is 5.01. The first kappa shape index (κ1) is 20.8. The predicted molar refractivity (Wildman–Crippen MR) is 127 cm³/mol. The maximum absolute atomic E-state index is 12.6. The third-order valence-electron chi connectivity index (χ3n) is 9.56. The van der Waals surface area contributed by atoms with Gasteiger partial charge in [-0.15, -0.1) is 0 Å². The molecular formula is C27H33N5O. The first-order valence-corrected chi connectivity index (χ1v) is 12.4. The van der Waals surface area contributed by atoms with E-state index in [1.807, 2.05) is 12.5 Å². The Labute approximate surface area is 195 Å². The molecule has 2 aromatic heterocycles. The van der Waals surface area contributed by atoms with Crippen molar-refractivity contribution in [2.75, 3.05) is 0 Å². The summed E-state index contributed by atoms with van der Waals surface area (Å²) in [5.41, 5.74) is 3.93. The van der Waals surface area contributed by atoms with Gasteiger partial charge in [0, 0.05) is 41.9 Å². The second-order valence-electron chi connectivity index (χ2n) is 11.0. The van der Waals surface area contributed by atoms with Crippen LogP contribution < -0.4 is 5.32 Å². The van der Waals surface area contributed by atoms with E-state index in [4.69, 9.17) is 0 Å². The van der Waals surface area contributed by atoms with Gasteiger partial charge in [0.15, 0.2) is 0 Å². The Morgan fingerprint density at radius 3 is 2.70 bits per heavy atom. The van der Waals surface area contributed by atoms with Gasteiger partial charge in [-0.1, -0.05) is 31.6 Å². The molecule has 6 rings (SSSR count). The summed E-state index contributed by atoms with van der Waals surface area (Å²) >= 11 is 0. The van der Waals surface area contributed by atoms with Gasteiger partial charge in [-0.3, -0.25) is 9.78 Å². The molecule has 6 heteroatoms. The molecule has 0 radical (unpaired) electrons. The molecule has 0 saturated heterocycles. The molecule has 0 aromatic carbocycles. The zero-order valence-electron chi connectivity index (χ0n) is 19.6. The first-order chi connectivity index (χ1) is 16.0. The summed E-state index contributed by atoms with van der Waals surface area (Å²) in [6.07, 6.45) is 23.7. The number of aromatic nitrogens is 4. The van der Waals surface area contributed by atoms with Crippen molar-refractivity contribution in [2.24, 2.45) is 28.6 Å². The van der Waals surface area contributed by atoms with Gasteiger partial charge in [-0.2, -0.15) is 0 Å². The molecule has 2 aromatic rings. The van der Waals surface area contributed by atoms with E-state index in [1.165, 1.54) is 31.4 Å². The van der Waals surface area contributed by atoms with Gasteiger partial charge < -0.3 is 9.88 Å². The van der Waals surface area contributed by atoms with Crippen molar-refractivity contribution in [1.29, 1.82) is 0 Å². The molecule has 4 aliphatic rings. The van der Waals surface area contributed by atoms with Crippen molar-refractivity contribution in [2.45, 2.75) is 64.8 Å². The summed E-state index contributed by atoms with van der Waals surface area (Å²) in [4.78, 5) is 25.1. The van der Waals surface area contributed by atoms with Crippen LogP contribution in [-0.2, 0) is 0 Å². The fourth-order valence-corrected chi connectivity index (χ4v) is 7.81. The standard InChI is InChI=1S/C27H33N5O/c1-26-9-7-19(31-25(33)23-16-28-11-12-30-23)15-18(26)3-4-20-21-5-6-24(32-14-13-29-17-32)27(21,2)10-8-22(20)26/h3,6,11-14,16-17,19-22H,4-5,7-10,15H2,1-2H3,(H,31,33)/t19-,20?,21?,22?,26-,27-/m0/s1. The molecule has 2 fully saturated rings. The lowest BCUT2D eigenvalue weighted by atomic mass is 9.47. The predicted octanol–water partition coefficient (Wildman–Crippen LogP) is 4.89. The summed E-state index contributed by atoms with van der Waals surface area (Å²) in [7, 11) is 0. The number of hydrogen-bond donors (Lipinski definition) is 1. The van der Waals surface area contributed by atoms with Crippen LogP contribution in [0.4, 0.5) is 0 Å². The highest BCUT2D eigenvalue weighted by Gasteiger charge is 2.57. The zero-order valence-corrected chi connectivity index (χ0v) is 19.6. The number of imidazole rings is 1. The van der Waals surface area contributed by atoms with Gasteiger partial charge in [-0.25, -0.2) is 9.97 Å². The lowest BCUT2D eigenvalue weighted by Crippen LogP contribution is -2.51. The van der Waals surface area contributed by atoms with Crippen molar-refractivity contribution in [3.8, 4) is 0 Å². The smallest absolute Gasteiger partial charge is 0.271 e. The summed E-state index contributed by atoms with van der Waals surface area (Å²) < 4.78 is 2.25. The second kappa shape index (κ2) is 7.64. The van der Waals surface area contributed by atoms with E-state index in [1.54, 1.807) is 24.2 Å². The zero-order chi connectivity index (χ0) is 22.6. The van der Waals surface area contributed by atoms with Crippen LogP contribution in [0.3, 0.4) is 0 Å². The third-order valence-corrected chi connectivity index (χ3v) is 9.56. The average Bonchev–Trinajstić information content (AvgIpc) is 3.47. The number of allylic oxidation sites excluding steroid dienone is 3. The van der Waals surface area contributed by atoms with E-state index in [0.29, 0.717) is 11.6 Å². The Morgan fingerprint density at radius 2 is 1.91 bits per heavy atom. The maximum atomic E-state index is 12.6. The molecule has 6 nitrogen and oxygen atoms in total. The largest absolute Gasteiger partial charge is 0.348 e. The molecular weight excluding hydrogens is 410 g/mol. The number of nitrogens with zero attached hydrogens (tertiary/aromatic N) is 4. The molecule has 0 bridgehead atoms. The Morgan fingerprint density at radius 1 is 1.03 bits per heavy atom. The SMILES string of the molecule is C[C@]12CC[C@H](NC(=O)c3cnccn3)CC1=CCC1C2CC[C@]2(C)C(n3ccnc3)=CCC12. The summed E-state index contributed by atoms with van der Waals surface area (Å²) in [6, 6.07) is 0.185. The van der Waals surface area contributed by atoms with E-state index in [2.05, 4.69) is 57.0 Å². The third kappa shape index (κ3) is 3.21. The molecule has 1 N–H and O–H groups in total. The first-order valence-electron chi connectivity index (χ1n) is 12.4. The lowest BCUT2D eigenvalue weighted by molar-refractivity contribution is -0.0137. The Balaban J connectivity index is 1.20. The fourth-order valence-electron chi connectivity index (χ4n) is 7.81. The van der Waals surface area contributed by atoms with Crippen molar-refractivity contribution >= 4 is 11.6 Å². The lowest BCUT2D eigenvalue weighted by Gasteiger charge is -2.58. The quantitative estimate of drug-likeness (QED) is 0.686. The van der Waals surface area contributed by atoms with E-state index in [0.717, 1.165) is 31.1 Å². The highest BCUT2D eigenvalue weighted by atomic mass is 16.1. The van der Waals surface area contributed by atoms with Crippen LogP contribution in [0.25, 0.3) is 5.70 Å². The van der Waals surface area contributed by atoms with E-state index < -0.39 is 0 Å². The molecule has 3 unspecified atom stereocenters. The Hall–Kier alpha value is -2.76. The Kier molecular flexibility index (Phi) is 4.82. The number of carbonyl (C=O) groups excluding carboxylic acids is 1. The van der Waals surface area contributed by atoms with Crippen LogP contribution in [0, 0.1) is 28.6 Å². The minimum Gasteiger partial charge on any atom is -0.348 e. The number of nitrogens with one attached hydrogen (secondary N) is 1. The van der Waals surface area contributed by atoms with Gasteiger partial charge in [-0.05, 0) is 68.1 Å². The van der Waals surface area contributed by atoms with E-state index >= 15 is 0 Å². The number of hydrogen-bond acceptors (Lipinski definition) is 4. The van der Waals surface area contributed by atoms with Crippen molar-refractivity contribution in [3.05, 3.63) is 60.7 Å². The van der Waals surface area contributed by atoms with E-state index in [9.17, 15) is 4.79 Å². The molecule has 2 saturated carbocycles. The van der Waals surface area contributed by atoms with Gasteiger partial charge in [0.25, 0.3) is 5.91 Å². The number of amides is 1. The topological polar surface area (TPSA) is 72.7 Å². The summed E-state index contributed by atoms with van der Waals surface area (Å²) in [5, 5.41) is 3.22. The van der Waals surface area contributed by atoms with Crippen LogP contribution in [0.5, 0.6) is 0 Å². The highest BCUT2D eigenvalue weighted by Crippen LogP contribution is 2.65. The van der Waals surface area contributed by atoms with Gasteiger partial charge in [0.05, 0.1) is 12.5 Å². The minimum atomic E-state index is -0.108. The van der Waals surface area contributed by atoms with Crippen LogP contribution in [0.1, 0.15) is 69.3 Å².